The fourth-order valence-electron chi connectivity index (χ4n) is 3.73. The normalized spacial score (nSPS) is 16.6. The number of likely N-dealkylation sites (tertiary alicyclic amines) is 1. The predicted molar refractivity (Wildman–Crippen MR) is 96.1 cm³/mol. The molecule has 25 heavy (non-hydrogen) atoms. The Bertz CT molecular complexity index is 907. The first-order chi connectivity index (χ1) is 12.0. The summed E-state index contributed by atoms with van der Waals surface area (Å²) in [6.07, 6.45) is 6.06. The summed E-state index contributed by atoms with van der Waals surface area (Å²) in [5.74, 6) is 0.116. The molecule has 1 amide bonds. The maximum atomic E-state index is 12.6. The summed E-state index contributed by atoms with van der Waals surface area (Å²) in [4.78, 5) is 14.5. The highest BCUT2D eigenvalue weighted by atomic mass is 16.2. The Hall–Kier alpha value is -2.63. The van der Waals surface area contributed by atoms with Crippen LogP contribution < -0.4 is 0 Å². The number of aromatic nitrogens is 4. The van der Waals surface area contributed by atoms with Crippen LogP contribution in [0, 0.1) is 0 Å². The van der Waals surface area contributed by atoms with E-state index in [-0.39, 0.29) is 18.0 Å². The molecule has 1 fully saturated rings. The van der Waals surface area contributed by atoms with Gasteiger partial charge < -0.3 is 9.47 Å². The minimum absolute atomic E-state index is 0.0510. The van der Waals surface area contributed by atoms with E-state index < -0.39 is 0 Å². The third kappa shape index (κ3) is 3.04. The summed E-state index contributed by atoms with van der Waals surface area (Å²) < 4.78 is 3.80. The summed E-state index contributed by atoms with van der Waals surface area (Å²) in [5.41, 5.74) is 1.98. The van der Waals surface area contributed by atoms with Crippen molar-refractivity contribution in [2.75, 3.05) is 6.54 Å². The van der Waals surface area contributed by atoms with Crippen molar-refractivity contribution in [3.05, 3.63) is 48.4 Å². The van der Waals surface area contributed by atoms with Crippen molar-refractivity contribution in [2.45, 2.75) is 45.3 Å². The zero-order chi connectivity index (χ0) is 17.4. The van der Waals surface area contributed by atoms with E-state index in [1.54, 1.807) is 4.68 Å². The van der Waals surface area contributed by atoms with Gasteiger partial charge in [-0.2, -0.15) is 0 Å². The second kappa shape index (κ2) is 6.02. The lowest BCUT2D eigenvalue weighted by Crippen LogP contribution is -2.44. The van der Waals surface area contributed by atoms with Gasteiger partial charge in [0.15, 0.2) is 0 Å². The number of carbonyl (C=O) groups excluding carboxylic acids is 1. The van der Waals surface area contributed by atoms with Crippen LogP contribution in [0.1, 0.15) is 32.4 Å². The molecular weight excluding hydrogens is 314 g/mol. The van der Waals surface area contributed by atoms with E-state index in [1.165, 1.54) is 10.9 Å². The molecule has 0 spiro atoms. The van der Waals surface area contributed by atoms with Crippen LogP contribution in [0.4, 0.5) is 0 Å². The molecule has 6 nitrogen and oxygen atoms in total. The molecule has 130 valence electrons. The first-order valence-electron chi connectivity index (χ1n) is 8.76. The van der Waals surface area contributed by atoms with Crippen LogP contribution in [0.25, 0.3) is 10.9 Å². The standard InChI is InChI=1S/C19H23N5O/c1-19(2)9-5-10-24(19)18(25)14-23-13-16(20-21-23)12-22-11-8-15-6-3-4-7-17(15)22/h3-4,6-8,11,13H,5,9-10,12,14H2,1-2H3. The lowest BCUT2D eigenvalue weighted by molar-refractivity contribution is -0.135. The molecule has 1 aromatic carbocycles. The SMILES string of the molecule is CC1(C)CCCN1C(=O)Cn1cc(Cn2ccc3ccccc32)nn1. The van der Waals surface area contributed by atoms with Gasteiger partial charge in [0, 0.05) is 23.8 Å². The number of rotatable bonds is 4. The number of fused-ring (bicyclic) bond motifs is 1. The zero-order valence-electron chi connectivity index (χ0n) is 14.7. The molecule has 1 aliphatic heterocycles. The van der Waals surface area contributed by atoms with E-state index >= 15 is 0 Å². The van der Waals surface area contributed by atoms with Gasteiger partial charge in [-0.15, -0.1) is 5.10 Å². The third-order valence-electron chi connectivity index (χ3n) is 5.10. The summed E-state index contributed by atoms with van der Waals surface area (Å²) in [7, 11) is 0. The number of hydrogen-bond acceptors (Lipinski definition) is 3. The topological polar surface area (TPSA) is 56.0 Å². The fourth-order valence-corrected chi connectivity index (χ4v) is 3.73. The molecule has 1 aliphatic rings. The molecule has 6 heteroatoms. The second-order valence-corrected chi connectivity index (χ2v) is 7.37. The molecular formula is C19H23N5O. The Labute approximate surface area is 147 Å². The number of para-hydroxylation sites is 1. The van der Waals surface area contributed by atoms with Crippen molar-refractivity contribution in [1.29, 1.82) is 0 Å². The van der Waals surface area contributed by atoms with Crippen molar-refractivity contribution in [1.82, 2.24) is 24.5 Å². The summed E-state index contributed by atoms with van der Waals surface area (Å²) >= 11 is 0. The lowest BCUT2D eigenvalue weighted by Gasteiger charge is -2.31. The quantitative estimate of drug-likeness (QED) is 0.735. The maximum Gasteiger partial charge on any atom is 0.244 e. The Morgan fingerprint density at radius 3 is 2.88 bits per heavy atom. The highest BCUT2D eigenvalue weighted by Crippen LogP contribution is 2.28. The third-order valence-corrected chi connectivity index (χ3v) is 5.10. The Morgan fingerprint density at radius 2 is 2.08 bits per heavy atom. The second-order valence-electron chi connectivity index (χ2n) is 7.37. The Balaban J connectivity index is 1.46. The Morgan fingerprint density at radius 1 is 1.24 bits per heavy atom. The summed E-state index contributed by atoms with van der Waals surface area (Å²) in [6, 6.07) is 10.4. The minimum Gasteiger partial charge on any atom is -0.341 e. The number of nitrogens with zero attached hydrogens (tertiary/aromatic N) is 5. The van der Waals surface area contributed by atoms with Gasteiger partial charge in [0.05, 0.1) is 12.7 Å². The van der Waals surface area contributed by atoms with Gasteiger partial charge in [0.25, 0.3) is 0 Å². The number of amides is 1. The van der Waals surface area contributed by atoms with Gasteiger partial charge >= 0.3 is 0 Å². The molecule has 2 aromatic heterocycles. The smallest absolute Gasteiger partial charge is 0.244 e. The van der Waals surface area contributed by atoms with Crippen LogP contribution in [-0.2, 0) is 17.9 Å². The highest BCUT2D eigenvalue weighted by Gasteiger charge is 2.35. The largest absolute Gasteiger partial charge is 0.341 e. The number of benzene rings is 1. The first kappa shape index (κ1) is 15.9. The monoisotopic (exact) mass is 337 g/mol. The van der Waals surface area contributed by atoms with Gasteiger partial charge in [0.1, 0.15) is 12.2 Å². The maximum absolute atomic E-state index is 12.6. The fraction of sp³-hybridized carbons (Fsp3) is 0.421. The van der Waals surface area contributed by atoms with E-state index in [0.29, 0.717) is 6.54 Å². The van der Waals surface area contributed by atoms with Crippen LogP contribution in [0.2, 0.25) is 0 Å². The summed E-state index contributed by atoms with van der Waals surface area (Å²) in [6.45, 7) is 5.99. The molecule has 0 aliphatic carbocycles. The minimum atomic E-state index is -0.0510. The van der Waals surface area contributed by atoms with Crippen molar-refractivity contribution >= 4 is 16.8 Å². The van der Waals surface area contributed by atoms with Gasteiger partial charge in [-0.05, 0) is 44.2 Å². The molecule has 3 aromatic rings. The van der Waals surface area contributed by atoms with Crippen molar-refractivity contribution in [3.63, 3.8) is 0 Å². The van der Waals surface area contributed by atoms with Crippen LogP contribution in [-0.4, -0.2) is 42.5 Å². The van der Waals surface area contributed by atoms with Gasteiger partial charge in [0.2, 0.25) is 5.91 Å². The molecule has 4 rings (SSSR count). The van der Waals surface area contributed by atoms with E-state index in [4.69, 9.17) is 0 Å². The molecule has 0 unspecified atom stereocenters. The molecule has 0 saturated carbocycles. The van der Waals surface area contributed by atoms with Gasteiger partial charge in [-0.3, -0.25) is 4.79 Å². The van der Waals surface area contributed by atoms with Gasteiger partial charge in [-0.25, -0.2) is 4.68 Å². The zero-order valence-corrected chi connectivity index (χ0v) is 14.7. The summed E-state index contributed by atoms with van der Waals surface area (Å²) in [5, 5.41) is 9.59. The van der Waals surface area contributed by atoms with Crippen molar-refractivity contribution < 1.29 is 4.79 Å². The lowest BCUT2D eigenvalue weighted by atomic mass is 10.0. The van der Waals surface area contributed by atoms with Crippen LogP contribution in [0.5, 0.6) is 0 Å². The molecule has 1 saturated heterocycles. The highest BCUT2D eigenvalue weighted by molar-refractivity contribution is 5.80. The number of carbonyl (C=O) groups is 1. The van der Waals surface area contributed by atoms with E-state index in [0.717, 1.165) is 25.1 Å². The van der Waals surface area contributed by atoms with E-state index in [9.17, 15) is 4.79 Å². The molecule has 3 heterocycles. The van der Waals surface area contributed by atoms with E-state index in [1.807, 2.05) is 23.2 Å². The van der Waals surface area contributed by atoms with Crippen LogP contribution in [0.3, 0.4) is 0 Å². The molecule has 0 bridgehead atoms. The van der Waals surface area contributed by atoms with E-state index in [2.05, 4.69) is 53.1 Å². The predicted octanol–water partition coefficient (Wildman–Crippen LogP) is 2.68. The van der Waals surface area contributed by atoms with Crippen molar-refractivity contribution in [2.24, 2.45) is 0 Å². The van der Waals surface area contributed by atoms with Crippen LogP contribution in [0.15, 0.2) is 42.7 Å². The average Bonchev–Trinajstić information content (AvgIpc) is 3.27. The van der Waals surface area contributed by atoms with Gasteiger partial charge in [-0.1, -0.05) is 23.4 Å². The average molecular weight is 337 g/mol. The molecule has 0 N–H and O–H groups in total. The first-order valence-corrected chi connectivity index (χ1v) is 8.76. The Kier molecular flexibility index (Phi) is 3.82. The molecule has 0 atom stereocenters. The molecule has 0 radical (unpaired) electrons. The van der Waals surface area contributed by atoms with Crippen molar-refractivity contribution in [3.8, 4) is 0 Å². The van der Waals surface area contributed by atoms with Crippen LogP contribution >= 0.6 is 0 Å². The number of hydrogen-bond donors (Lipinski definition) is 0.